The molecule has 1 heterocycles. The lowest BCUT2D eigenvalue weighted by atomic mass is 9.94. The molecule has 0 aliphatic heterocycles. The van der Waals surface area contributed by atoms with Gasteiger partial charge in [0.25, 0.3) is 0 Å². The maximum Gasteiger partial charge on any atom is 0.188 e. The Morgan fingerprint density at radius 3 is 2.82 bits per heavy atom. The third-order valence-electron chi connectivity index (χ3n) is 6.34. The molecule has 5 nitrogen and oxygen atoms in total. The fraction of sp³-hybridized carbons (Fsp3) is 0.481. The van der Waals surface area contributed by atoms with Crippen LogP contribution in [-0.4, -0.2) is 41.1 Å². The first-order chi connectivity index (χ1) is 16.3. The number of hydrogen-bond acceptors (Lipinski definition) is 4. The summed E-state index contributed by atoms with van der Waals surface area (Å²) in [6, 6.07) is 8.15. The first-order valence-electron chi connectivity index (χ1n) is 12.1. The molecular weight excluding hydrogens is 497 g/mol. The lowest BCUT2D eigenvalue weighted by molar-refractivity contribution is 0.0738. The van der Waals surface area contributed by atoms with Crippen LogP contribution in [0.4, 0.5) is 4.39 Å². The second-order valence-electron chi connectivity index (χ2n) is 9.61. The summed E-state index contributed by atoms with van der Waals surface area (Å²) in [6.45, 7) is 8.35. The van der Waals surface area contributed by atoms with E-state index in [9.17, 15) is 4.79 Å². The van der Waals surface area contributed by atoms with Crippen LogP contribution in [0.3, 0.4) is 0 Å². The Morgan fingerprint density at radius 1 is 1.32 bits per heavy atom. The molecule has 1 aliphatic carbocycles. The second kappa shape index (κ2) is 11.1. The van der Waals surface area contributed by atoms with Crippen molar-refractivity contribution in [3.05, 3.63) is 63.1 Å². The molecule has 1 saturated carbocycles. The number of rotatable bonds is 12. The number of aryl methyl sites for hydroxylation is 2. The number of benzene rings is 2. The van der Waals surface area contributed by atoms with Crippen molar-refractivity contribution in [2.24, 2.45) is 5.92 Å². The zero-order chi connectivity index (χ0) is 24.2. The van der Waals surface area contributed by atoms with E-state index in [2.05, 4.69) is 40.1 Å². The van der Waals surface area contributed by atoms with E-state index >= 15 is 4.39 Å². The van der Waals surface area contributed by atoms with Crippen LogP contribution in [0.5, 0.6) is 0 Å². The number of halogens is 2. The average molecular weight is 530 g/mol. The molecule has 1 N–H and O–H groups in total. The van der Waals surface area contributed by atoms with Crippen molar-refractivity contribution in [1.29, 1.82) is 0 Å². The van der Waals surface area contributed by atoms with Crippen LogP contribution < -0.4 is 5.32 Å². The lowest BCUT2D eigenvalue weighted by Crippen LogP contribution is -2.24. The Labute approximate surface area is 209 Å². The standard InChI is InChI=1S/C27H33BrFN3O2/c1-17(2)30-9-4-10-32-16-31-27-24(32)13-22(25(33)15-34-14-19-5-6-19)23(26(27)29)12-20-7-8-21(28)11-18(20)3/h7-8,11,13,16-17,19,30H,4-6,9-10,12,14-15H2,1-3H3. The lowest BCUT2D eigenvalue weighted by Gasteiger charge is -2.14. The molecule has 3 aromatic rings. The molecule has 1 aromatic heterocycles. The van der Waals surface area contributed by atoms with Gasteiger partial charge in [-0.3, -0.25) is 4.79 Å². The highest BCUT2D eigenvalue weighted by molar-refractivity contribution is 9.10. The smallest absolute Gasteiger partial charge is 0.188 e. The maximum atomic E-state index is 15.9. The quantitative estimate of drug-likeness (QED) is 0.236. The Balaban J connectivity index is 1.66. The van der Waals surface area contributed by atoms with Gasteiger partial charge in [0, 0.05) is 34.6 Å². The number of nitrogens with zero attached hydrogens (tertiary/aromatic N) is 2. The molecule has 1 aliphatic rings. The summed E-state index contributed by atoms with van der Waals surface area (Å²) < 4.78 is 24.5. The zero-order valence-electron chi connectivity index (χ0n) is 20.2. The Hall–Kier alpha value is -2.09. The third kappa shape index (κ3) is 6.12. The number of fused-ring (bicyclic) bond motifs is 1. The number of ether oxygens (including phenoxy) is 1. The number of Topliss-reactive ketones (excluding diaryl/α,β-unsaturated/α-hetero) is 1. The largest absolute Gasteiger partial charge is 0.373 e. The molecular formula is C27H33BrFN3O2. The van der Waals surface area contributed by atoms with E-state index in [-0.39, 0.29) is 12.4 Å². The van der Waals surface area contributed by atoms with Crippen LogP contribution in [0.25, 0.3) is 11.0 Å². The van der Waals surface area contributed by atoms with Crippen LogP contribution in [0, 0.1) is 18.7 Å². The molecule has 0 unspecified atom stereocenters. The molecule has 0 saturated heterocycles. The van der Waals surface area contributed by atoms with Crippen LogP contribution in [0.15, 0.2) is 35.1 Å². The van der Waals surface area contributed by atoms with Crippen molar-refractivity contribution in [1.82, 2.24) is 14.9 Å². The summed E-state index contributed by atoms with van der Waals surface area (Å²) in [5.41, 5.74) is 3.78. The predicted octanol–water partition coefficient (Wildman–Crippen LogP) is 5.83. The van der Waals surface area contributed by atoms with E-state index in [4.69, 9.17) is 4.74 Å². The SMILES string of the molecule is Cc1cc(Br)ccc1Cc1c(C(=O)COCC2CC2)cc2c(ncn2CCCNC(C)C)c1F. The van der Waals surface area contributed by atoms with E-state index in [1.54, 1.807) is 6.33 Å². The van der Waals surface area contributed by atoms with E-state index < -0.39 is 5.82 Å². The number of hydrogen-bond donors (Lipinski definition) is 1. The molecule has 0 radical (unpaired) electrons. The molecule has 0 atom stereocenters. The molecule has 0 bridgehead atoms. The summed E-state index contributed by atoms with van der Waals surface area (Å²) in [5.74, 6) is -0.0253. The number of carbonyl (C=O) groups is 1. The van der Waals surface area contributed by atoms with Gasteiger partial charge in [-0.1, -0.05) is 35.8 Å². The highest BCUT2D eigenvalue weighted by atomic mass is 79.9. The van der Waals surface area contributed by atoms with Gasteiger partial charge in [0.1, 0.15) is 12.1 Å². The number of carbonyl (C=O) groups excluding carboxylic acids is 1. The summed E-state index contributed by atoms with van der Waals surface area (Å²) in [6.07, 6.45) is 5.21. The van der Waals surface area contributed by atoms with E-state index in [0.717, 1.165) is 41.4 Å². The minimum Gasteiger partial charge on any atom is -0.373 e. The van der Waals surface area contributed by atoms with E-state index in [1.807, 2.05) is 35.8 Å². The summed E-state index contributed by atoms with van der Waals surface area (Å²) in [7, 11) is 0. The molecule has 7 heteroatoms. The molecule has 0 amide bonds. The first-order valence-corrected chi connectivity index (χ1v) is 12.9. The summed E-state index contributed by atoms with van der Waals surface area (Å²) in [5, 5.41) is 3.40. The highest BCUT2D eigenvalue weighted by Gasteiger charge is 2.24. The van der Waals surface area contributed by atoms with Crippen LogP contribution in [0.2, 0.25) is 0 Å². The van der Waals surface area contributed by atoms with Crippen molar-refractivity contribution >= 4 is 32.7 Å². The fourth-order valence-electron chi connectivity index (χ4n) is 4.17. The third-order valence-corrected chi connectivity index (χ3v) is 6.83. The summed E-state index contributed by atoms with van der Waals surface area (Å²) in [4.78, 5) is 17.6. The number of ketones is 1. The van der Waals surface area contributed by atoms with Gasteiger partial charge in [0.2, 0.25) is 0 Å². The molecule has 4 rings (SSSR count). The van der Waals surface area contributed by atoms with Crippen LogP contribution in [-0.2, 0) is 17.7 Å². The number of nitrogens with one attached hydrogen (secondary N) is 1. The highest BCUT2D eigenvalue weighted by Crippen LogP contribution is 2.30. The molecule has 182 valence electrons. The Morgan fingerprint density at radius 2 is 2.12 bits per heavy atom. The average Bonchev–Trinajstić information content (AvgIpc) is 3.52. The van der Waals surface area contributed by atoms with Crippen LogP contribution in [0.1, 0.15) is 60.2 Å². The van der Waals surface area contributed by atoms with Gasteiger partial charge < -0.3 is 14.6 Å². The van der Waals surface area contributed by atoms with E-state index in [1.165, 1.54) is 0 Å². The monoisotopic (exact) mass is 529 g/mol. The van der Waals surface area contributed by atoms with Gasteiger partial charge in [0.05, 0.1) is 18.5 Å². The molecule has 1 fully saturated rings. The fourth-order valence-corrected chi connectivity index (χ4v) is 4.64. The Kier molecular flexibility index (Phi) is 8.17. The minimum atomic E-state index is -0.413. The summed E-state index contributed by atoms with van der Waals surface area (Å²) >= 11 is 3.49. The molecule has 2 aromatic carbocycles. The van der Waals surface area contributed by atoms with Gasteiger partial charge in [-0.25, -0.2) is 9.37 Å². The van der Waals surface area contributed by atoms with Crippen molar-refractivity contribution in [2.45, 2.75) is 59.0 Å². The normalized spacial score (nSPS) is 13.8. The van der Waals surface area contributed by atoms with Gasteiger partial charge in [-0.05, 0) is 68.0 Å². The molecule has 34 heavy (non-hydrogen) atoms. The molecule has 0 spiro atoms. The van der Waals surface area contributed by atoms with Crippen LogP contribution >= 0.6 is 15.9 Å². The Bertz CT molecular complexity index is 1170. The maximum absolute atomic E-state index is 15.9. The van der Waals surface area contributed by atoms with Crippen molar-refractivity contribution in [3.8, 4) is 0 Å². The number of imidazole rings is 1. The predicted molar refractivity (Wildman–Crippen MR) is 137 cm³/mol. The van der Waals surface area contributed by atoms with Gasteiger partial charge in [-0.15, -0.1) is 0 Å². The second-order valence-corrected chi connectivity index (χ2v) is 10.5. The minimum absolute atomic E-state index is 0.0276. The van der Waals surface area contributed by atoms with Gasteiger partial charge >= 0.3 is 0 Å². The zero-order valence-corrected chi connectivity index (χ0v) is 21.8. The van der Waals surface area contributed by atoms with E-state index in [0.29, 0.717) is 53.7 Å². The topological polar surface area (TPSA) is 56.1 Å². The van der Waals surface area contributed by atoms with Crippen molar-refractivity contribution in [2.75, 3.05) is 19.8 Å². The first kappa shape index (κ1) is 25.0. The number of aromatic nitrogens is 2. The van der Waals surface area contributed by atoms with Gasteiger partial charge in [0.15, 0.2) is 11.6 Å². The van der Waals surface area contributed by atoms with Crippen molar-refractivity contribution < 1.29 is 13.9 Å². The van der Waals surface area contributed by atoms with Gasteiger partial charge in [-0.2, -0.15) is 0 Å². The van der Waals surface area contributed by atoms with Crippen molar-refractivity contribution in [3.63, 3.8) is 0 Å².